The van der Waals surface area contributed by atoms with Gasteiger partial charge in [0.25, 0.3) is 0 Å². The molecule has 1 amide bonds. The second-order valence-corrected chi connectivity index (χ2v) is 5.86. The fraction of sp³-hybridized carbons (Fsp3) is 0.562. The number of nitrogens with zero attached hydrogens (tertiary/aromatic N) is 1. The lowest BCUT2D eigenvalue weighted by Crippen LogP contribution is -2.42. The number of likely N-dealkylation sites (N-methyl/N-ethyl adjacent to an activating group) is 1. The molecule has 21 heavy (non-hydrogen) atoms. The van der Waals surface area contributed by atoms with Crippen LogP contribution in [0.25, 0.3) is 0 Å². The number of amides is 1. The zero-order chi connectivity index (χ0) is 15.4. The van der Waals surface area contributed by atoms with Gasteiger partial charge in [-0.15, -0.1) is 0 Å². The molecule has 1 aliphatic carbocycles. The maximum Gasteiger partial charge on any atom is 0.241 e. The van der Waals surface area contributed by atoms with Gasteiger partial charge in [0.05, 0.1) is 18.8 Å². The number of carbonyl (C=O) groups excluding carboxylic acids is 1. The van der Waals surface area contributed by atoms with Crippen molar-refractivity contribution in [3.05, 3.63) is 18.2 Å². The van der Waals surface area contributed by atoms with E-state index in [1.807, 2.05) is 14.0 Å². The lowest BCUT2D eigenvalue weighted by molar-refractivity contribution is -0.120. The molecule has 5 nitrogen and oxygen atoms in total. The molecular weight excluding hydrogens is 266 g/mol. The fourth-order valence-electron chi connectivity index (χ4n) is 2.49. The Labute approximate surface area is 126 Å². The van der Waals surface area contributed by atoms with Crippen molar-refractivity contribution in [2.24, 2.45) is 5.92 Å². The van der Waals surface area contributed by atoms with E-state index in [9.17, 15) is 4.79 Å². The van der Waals surface area contributed by atoms with Gasteiger partial charge in [-0.3, -0.25) is 9.69 Å². The van der Waals surface area contributed by atoms with Crippen molar-refractivity contribution in [2.75, 3.05) is 31.8 Å². The van der Waals surface area contributed by atoms with Crippen LogP contribution < -0.4 is 15.8 Å². The molecule has 0 spiro atoms. The smallest absolute Gasteiger partial charge is 0.241 e. The van der Waals surface area contributed by atoms with Crippen LogP contribution in [0, 0.1) is 5.92 Å². The van der Waals surface area contributed by atoms with Crippen LogP contribution in [0.3, 0.4) is 0 Å². The quantitative estimate of drug-likeness (QED) is 0.789. The van der Waals surface area contributed by atoms with Crippen molar-refractivity contribution in [1.82, 2.24) is 4.90 Å². The maximum atomic E-state index is 12.4. The molecule has 1 saturated carbocycles. The van der Waals surface area contributed by atoms with Gasteiger partial charge in [-0.2, -0.15) is 0 Å². The average Bonchev–Trinajstić information content (AvgIpc) is 2.43. The van der Waals surface area contributed by atoms with Crippen LogP contribution in [0.4, 0.5) is 11.4 Å². The zero-order valence-corrected chi connectivity index (χ0v) is 13.1. The molecule has 1 aromatic rings. The molecule has 2 rings (SSSR count). The molecule has 0 heterocycles. The fourth-order valence-corrected chi connectivity index (χ4v) is 2.49. The third-order valence-corrected chi connectivity index (χ3v) is 4.29. The van der Waals surface area contributed by atoms with Gasteiger partial charge in [-0.1, -0.05) is 6.42 Å². The molecule has 1 fully saturated rings. The first-order valence-electron chi connectivity index (χ1n) is 7.46. The molecule has 0 bridgehead atoms. The Morgan fingerprint density at radius 3 is 2.81 bits per heavy atom. The van der Waals surface area contributed by atoms with Gasteiger partial charge in [-0.05, 0) is 44.9 Å². The Balaban J connectivity index is 1.96. The number of ether oxygens (including phenoxy) is 1. The van der Waals surface area contributed by atoms with Crippen LogP contribution >= 0.6 is 0 Å². The topological polar surface area (TPSA) is 67.6 Å². The van der Waals surface area contributed by atoms with Gasteiger partial charge < -0.3 is 15.8 Å². The van der Waals surface area contributed by atoms with E-state index >= 15 is 0 Å². The Kier molecular flexibility index (Phi) is 5.07. The summed E-state index contributed by atoms with van der Waals surface area (Å²) in [5.41, 5.74) is 6.98. The van der Waals surface area contributed by atoms with E-state index in [1.54, 1.807) is 25.3 Å². The minimum Gasteiger partial charge on any atom is -0.494 e. The number of carbonyl (C=O) groups is 1. The summed E-state index contributed by atoms with van der Waals surface area (Å²) in [5, 5.41) is 2.92. The van der Waals surface area contributed by atoms with Gasteiger partial charge in [0.2, 0.25) is 5.91 Å². The Hall–Kier alpha value is -1.75. The van der Waals surface area contributed by atoms with Crippen molar-refractivity contribution in [1.29, 1.82) is 0 Å². The van der Waals surface area contributed by atoms with Crippen LogP contribution in [0.5, 0.6) is 5.75 Å². The SMILES string of the molecule is COc1cc(N)ccc1NC(=O)C(C)N(C)CC1CCC1. The van der Waals surface area contributed by atoms with Crippen molar-refractivity contribution in [2.45, 2.75) is 32.2 Å². The number of rotatable bonds is 6. The largest absolute Gasteiger partial charge is 0.494 e. The van der Waals surface area contributed by atoms with E-state index in [2.05, 4.69) is 10.2 Å². The minimum atomic E-state index is -0.173. The van der Waals surface area contributed by atoms with Crippen LogP contribution in [-0.4, -0.2) is 37.6 Å². The second kappa shape index (κ2) is 6.80. The van der Waals surface area contributed by atoms with Crippen LogP contribution in [0.2, 0.25) is 0 Å². The van der Waals surface area contributed by atoms with Gasteiger partial charge in [0, 0.05) is 18.3 Å². The summed E-state index contributed by atoms with van der Waals surface area (Å²) in [6, 6.07) is 5.05. The first kappa shape index (κ1) is 15.6. The van der Waals surface area contributed by atoms with Crippen LogP contribution in [0.1, 0.15) is 26.2 Å². The van der Waals surface area contributed by atoms with E-state index in [-0.39, 0.29) is 11.9 Å². The number of hydrogen-bond donors (Lipinski definition) is 2. The highest BCUT2D eigenvalue weighted by atomic mass is 16.5. The zero-order valence-electron chi connectivity index (χ0n) is 13.1. The number of anilines is 2. The first-order valence-corrected chi connectivity index (χ1v) is 7.46. The predicted octanol–water partition coefficient (Wildman–Crippen LogP) is 2.34. The lowest BCUT2D eigenvalue weighted by Gasteiger charge is -2.32. The number of nitrogens with one attached hydrogen (secondary N) is 1. The highest BCUT2D eigenvalue weighted by Gasteiger charge is 2.24. The highest BCUT2D eigenvalue weighted by molar-refractivity contribution is 5.96. The molecule has 0 aromatic heterocycles. The number of nitrogens with two attached hydrogens (primary N) is 1. The molecule has 1 atom stereocenters. The molecule has 1 unspecified atom stereocenters. The molecule has 5 heteroatoms. The van der Waals surface area contributed by atoms with Crippen LogP contribution in [0.15, 0.2) is 18.2 Å². The normalized spacial score (nSPS) is 16.4. The highest BCUT2D eigenvalue weighted by Crippen LogP contribution is 2.28. The number of nitrogen functional groups attached to an aromatic ring is 1. The lowest BCUT2D eigenvalue weighted by atomic mass is 9.85. The molecule has 1 aromatic carbocycles. The van der Waals surface area contributed by atoms with Gasteiger partial charge >= 0.3 is 0 Å². The van der Waals surface area contributed by atoms with Crippen molar-refractivity contribution in [3.8, 4) is 5.75 Å². The summed E-state index contributed by atoms with van der Waals surface area (Å²) < 4.78 is 5.25. The van der Waals surface area contributed by atoms with E-state index in [4.69, 9.17) is 10.5 Å². The van der Waals surface area contributed by atoms with Crippen molar-refractivity contribution >= 4 is 17.3 Å². The van der Waals surface area contributed by atoms with Crippen LogP contribution in [-0.2, 0) is 4.79 Å². The molecular formula is C16H25N3O2. The molecule has 0 radical (unpaired) electrons. The Bertz CT molecular complexity index is 500. The molecule has 116 valence electrons. The molecule has 3 N–H and O–H groups in total. The molecule has 0 saturated heterocycles. The third kappa shape index (κ3) is 3.88. The Morgan fingerprint density at radius 1 is 1.52 bits per heavy atom. The van der Waals surface area contributed by atoms with Crippen molar-refractivity contribution in [3.63, 3.8) is 0 Å². The number of benzene rings is 1. The number of hydrogen-bond acceptors (Lipinski definition) is 4. The monoisotopic (exact) mass is 291 g/mol. The van der Waals surface area contributed by atoms with E-state index in [1.165, 1.54) is 19.3 Å². The summed E-state index contributed by atoms with van der Waals surface area (Å²) in [5.74, 6) is 1.30. The number of methoxy groups -OCH3 is 1. The van der Waals surface area contributed by atoms with E-state index in [0.29, 0.717) is 17.1 Å². The Morgan fingerprint density at radius 2 is 2.24 bits per heavy atom. The van der Waals surface area contributed by atoms with Gasteiger partial charge in [0.1, 0.15) is 5.75 Å². The minimum absolute atomic E-state index is 0.0279. The summed E-state index contributed by atoms with van der Waals surface area (Å²) in [4.78, 5) is 14.5. The average molecular weight is 291 g/mol. The third-order valence-electron chi connectivity index (χ3n) is 4.29. The molecule has 0 aliphatic heterocycles. The summed E-state index contributed by atoms with van der Waals surface area (Å²) >= 11 is 0. The molecule has 1 aliphatic rings. The summed E-state index contributed by atoms with van der Waals surface area (Å²) in [7, 11) is 3.57. The maximum absolute atomic E-state index is 12.4. The standard InChI is InChI=1S/C16H25N3O2/c1-11(19(2)10-12-5-4-6-12)16(20)18-14-8-7-13(17)9-15(14)21-3/h7-9,11-12H,4-6,10,17H2,1-3H3,(H,18,20). The first-order chi connectivity index (χ1) is 10.0. The van der Waals surface area contributed by atoms with Crippen molar-refractivity contribution < 1.29 is 9.53 Å². The van der Waals surface area contributed by atoms with Gasteiger partial charge in [0.15, 0.2) is 0 Å². The summed E-state index contributed by atoms with van der Waals surface area (Å²) in [6.07, 6.45) is 3.89. The summed E-state index contributed by atoms with van der Waals surface area (Å²) in [6.45, 7) is 2.91. The second-order valence-electron chi connectivity index (χ2n) is 5.86. The van der Waals surface area contributed by atoms with E-state index in [0.717, 1.165) is 12.5 Å². The van der Waals surface area contributed by atoms with Gasteiger partial charge in [-0.25, -0.2) is 0 Å². The van der Waals surface area contributed by atoms with E-state index < -0.39 is 0 Å². The predicted molar refractivity (Wildman–Crippen MR) is 85.5 cm³/mol.